The van der Waals surface area contributed by atoms with Crippen LogP contribution < -0.4 is 5.32 Å². The molecule has 4 aliphatic rings. The van der Waals surface area contributed by atoms with E-state index in [1.807, 2.05) is 0 Å². The van der Waals surface area contributed by atoms with Crippen LogP contribution in [0.4, 0.5) is 0 Å². The summed E-state index contributed by atoms with van der Waals surface area (Å²) in [6.45, 7) is 3.83. The minimum absolute atomic E-state index is 0.706. The number of hydrogen-bond donors (Lipinski definition) is 1. The molecule has 0 amide bonds. The molecule has 0 aromatic heterocycles. The molecule has 0 spiro atoms. The molecule has 14 heavy (non-hydrogen) atoms. The van der Waals surface area contributed by atoms with E-state index in [0.717, 1.165) is 23.7 Å². The van der Waals surface area contributed by atoms with Gasteiger partial charge in [-0.1, -0.05) is 6.92 Å². The Labute approximate surface area is 87.7 Å². The fraction of sp³-hybridized carbons (Fsp3) is 1.00. The van der Waals surface area contributed by atoms with Crippen LogP contribution in [0.3, 0.4) is 0 Å². The van der Waals surface area contributed by atoms with Gasteiger partial charge in [-0.25, -0.2) is 0 Å². The zero-order chi connectivity index (χ0) is 9.76. The second kappa shape index (κ2) is 2.98. The maximum atomic E-state index is 3.42. The molecule has 4 saturated carbocycles. The number of hydrogen-bond acceptors (Lipinski definition) is 1. The Bertz CT molecular complexity index is 221. The van der Waals surface area contributed by atoms with E-state index < -0.39 is 0 Å². The van der Waals surface area contributed by atoms with Crippen LogP contribution in [-0.2, 0) is 0 Å². The normalized spacial score (nSPS) is 55.3. The van der Waals surface area contributed by atoms with Crippen molar-refractivity contribution in [2.24, 2.45) is 29.1 Å². The lowest BCUT2D eigenvalue weighted by Crippen LogP contribution is -2.53. The number of rotatable bonds is 2. The third-order valence-electron chi connectivity index (χ3n) is 5.34. The van der Waals surface area contributed by atoms with Gasteiger partial charge in [0.15, 0.2) is 0 Å². The van der Waals surface area contributed by atoms with Crippen molar-refractivity contribution in [3.05, 3.63) is 0 Å². The summed E-state index contributed by atoms with van der Waals surface area (Å²) < 4.78 is 0. The molecule has 0 radical (unpaired) electrons. The lowest BCUT2D eigenvalue weighted by molar-refractivity contribution is -0.0965. The zero-order valence-corrected chi connectivity index (χ0v) is 9.55. The highest BCUT2D eigenvalue weighted by Gasteiger charge is 2.53. The minimum Gasteiger partial charge on any atom is -0.319 e. The first-order valence-corrected chi connectivity index (χ1v) is 6.36. The van der Waals surface area contributed by atoms with Gasteiger partial charge < -0.3 is 5.32 Å². The van der Waals surface area contributed by atoms with Crippen molar-refractivity contribution in [2.45, 2.75) is 39.0 Å². The smallest absolute Gasteiger partial charge is 0.00157 e. The maximum Gasteiger partial charge on any atom is -0.00157 e. The van der Waals surface area contributed by atoms with Crippen molar-refractivity contribution in [3.8, 4) is 0 Å². The molecular formula is C13H23N. The number of nitrogens with one attached hydrogen (secondary N) is 1. The van der Waals surface area contributed by atoms with Gasteiger partial charge in [0.1, 0.15) is 0 Å². The van der Waals surface area contributed by atoms with Crippen LogP contribution in [0.15, 0.2) is 0 Å². The van der Waals surface area contributed by atoms with Gasteiger partial charge in [0.25, 0.3) is 0 Å². The fourth-order valence-corrected chi connectivity index (χ4v) is 5.19. The summed E-state index contributed by atoms with van der Waals surface area (Å²) in [6.07, 6.45) is 7.74. The van der Waals surface area contributed by atoms with Crippen molar-refractivity contribution in [1.29, 1.82) is 0 Å². The largest absolute Gasteiger partial charge is 0.319 e. The molecule has 0 aliphatic heterocycles. The average molecular weight is 193 g/mol. The molecule has 4 aliphatic carbocycles. The SMILES string of the molecule is CNCC1C2CC3CC(C2)CC1(C)C3. The molecular weight excluding hydrogens is 170 g/mol. The molecule has 1 nitrogen and oxygen atoms in total. The van der Waals surface area contributed by atoms with E-state index in [1.165, 1.54) is 19.4 Å². The van der Waals surface area contributed by atoms with Crippen molar-refractivity contribution in [2.75, 3.05) is 13.6 Å². The third kappa shape index (κ3) is 1.18. The van der Waals surface area contributed by atoms with E-state index in [1.54, 1.807) is 19.3 Å². The second-order valence-corrected chi connectivity index (χ2v) is 6.43. The van der Waals surface area contributed by atoms with Gasteiger partial charge in [0, 0.05) is 0 Å². The van der Waals surface area contributed by atoms with E-state index in [0.29, 0.717) is 5.41 Å². The summed E-state index contributed by atoms with van der Waals surface area (Å²) in [5.41, 5.74) is 0.706. The Morgan fingerprint density at radius 1 is 1.14 bits per heavy atom. The monoisotopic (exact) mass is 193 g/mol. The highest BCUT2D eigenvalue weighted by atomic mass is 14.8. The lowest BCUT2D eigenvalue weighted by Gasteiger charge is -2.60. The molecule has 4 fully saturated rings. The zero-order valence-electron chi connectivity index (χ0n) is 9.55. The summed E-state index contributed by atoms with van der Waals surface area (Å²) in [5.74, 6) is 4.26. The summed E-state index contributed by atoms with van der Waals surface area (Å²) >= 11 is 0. The Morgan fingerprint density at radius 2 is 1.79 bits per heavy atom. The van der Waals surface area contributed by atoms with Gasteiger partial charge in [-0.2, -0.15) is 0 Å². The quantitative estimate of drug-likeness (QED) is 0.711. The first-order valence-electron chi connectivity index (χ1n) is 6.36. The standard InChI is InChI=1S/C13H23N/c1-13-6-9-3-10(7-13)5-11(4-9)12(13)8-14-2/h9-12,14H,3-8H2,1-2H3. The molecule has 3 unspecified atom stereocenters. The molecule has 0 aromatic rings. The van der Waals surface area contributed by atoms with Crippen molar-refractivity contribution < 1.29 is 0 Å². The van der Waals surface area contributed by atoms with E-state index in [-0.39, 0.29) is 0 Å². The van der Waals surface area contributed by atoms with E-state index in [4.69, 9.17) is 0 Å². The van der Waals surface area contributed by atoms with Crippen LogP contribution in [0.5, 0.6) is 0 Å². The third-order valence-corrected chi connectivity index (χ3v) is 5.34. The molecule has 0 saturated heterocycles. The molecule has 80 valence electrons. The summed E-state index contributed by atoms with van der Waals surface area (Å²) in [7, 11) is 2.12. The van der Waals surface area contributed by atoms with Crippen molar-refractivity contribution in [3.63, 3.8) is 0 Å². The first-order chi connectivity index (χ1) is 6.71. The Morgan fingerprint density at radius 3 is 2.29 bits per heavy atom. The molecule has 3 atom stereocenters. The fourth-order valence-electron chi connectivity index (χ4n) is 5.19. The highest BCUT2D eigenvalue weighted by Crippen LogP contribution is 2.62. The summed E-state index contributed by atoms with van der Waals surface area (Å²) in [5, 5.41) is 3.42. The predicted molar refractivity (Wildman–Crippen MR) is 59.1 cm³/mol. The minimum atomic E-state index is 0.706. The summed E-state index contributed by atoms with van der Waals surface area (Å²) in [4.78, 5) is 0. The van der Waals surface area contributed by atoms with Crippen LogP contribution in [0.1, 0.15) is 39.0 Å². The average Bonchev–Trinajstić information content (AvgIpc) is 2.09. The van der Waals surface area contributed by atoms with Gasteiger partial charge in [0.05, 0.1) is 0 Å². The van der Waals surface area contributed by atoms with Crippen LogP contribution in [0.2, 0.25) is 0 Å². The van der Waals surface area contributed by atoms with Gasteiger partial charge in [0.2, 0.25) is 0 Å². The van der Waals surface area contributed by atoms with Gasteiger partial charge in [-0.3, -0.25) is 0 Å². The van der Waals surface area contributed by atoms with E-state index in [2.05, 4.69) is 19.3 Å². The van der Waals surface area contributed by atoms with Gasteiger partial charge in [-0.15, -0.1) is 0 Å². The van der Waals surface area contributed by atoms with Crippen LogP contribution in [-0.4, -0.2) is 13.6 Å². The maximum absolute atomic E-state index is 3.42. The highest BCUT2D eigenvalue weighted by molar-refractivity contribution is 5.04. The van der Waals surface area contributed by atoms with Crippen molar-refractivity contribution >= 4 is 0 Å². The second-order valence-electron chi connectivity index (χ2n) is 6.43. The topological polar surface area (TPSA) is 12.0 Å². The van der Waals surface area contributed by atoms with Gasteiger partial charge >= 0.3 is 0 Å². The Hall–Kier alpha value is -0.0400. The Kier molecular flexibility index (Phi) is 1.96. The molecule has 0 aromatic carbocycles. The lowest BCUT2D eigenvalue weighted by atomic mass is 9.46. The molecule has 1 N–H and O–H groups in total. The van der Waals surface area contributed by atoms with Crippen LogP contribution in [0, 0.1) is 29.1 Å². The first kappa shape index (κ1) is 9.21. The van der Waals surface area contributed by atoms with Crippen molar-refractivity contribution in [1.82, 2.24) is 5.32 Å². The molecule has 0 heterocycles. The predicted octanol–water partition coefficient (Wildman–Crippen LogP) is 2.67. The van der Waals surface area contributed by atoms with Crippen LogP contribution >= 0.6 is 0 Å². The molecule has 4 bridgehead atoms. The van der Waals surface area contributed by atoms with E-state index >= 15 is 0 Å². The Balaban J connectivity index is 1.86. The van der Waals surface area contributed by atoms with E-state index in [9.17, 15) is 0 Å². The summed E-state index contributed by atoms with van der Waals surface area (Å²) in [6, 6.07) is 0. The van der Waals surface area contributed by atoms with Gasteiger partial charge in [-0.05, 0) is 74.8 Å². The van der Waals surface area contributed by atoms with Crippen LogP contribution in [0.25, 0.3) is 0 Å². The molecule has 1 heteroatoms. The molecule has 4 rings (SSSR count).